The summed E-state index contributed by atoms with van der Waals surface area (Å²) in [7, 11) is 0. The Morgan fingerprint density at radius 3 is 2.39 bits per heavy atom. The maximum atomic E-state index is 5.58. The van der Waals surface area contributed by atoms with Crippen LogP contribution < -0.4 is 0 Å². The number of hydrogen-bond donors (Lipinski definition) is 0. The number of aromatic nitrogens is 2. The summed E-state index contributed by atoms with van der Waals surface area (Å²) in [6.07, 6.45) is 4.74. The van der Waals surface area contributed by atoms with E-state index in [1.165, 1.54) is 16.7 Å². The average Bonchev–Trinajstić information content (AvgIpc) is 3.32. The Bertz CT molecular complexity index is 991. The lowest BCUT2D eigenvalue weighted by molar-refractivity contribution is 0.159. The largest absolute Gasteiger partial charge is 0.425 e. The molecule has 144 valence electrons. The molecule has 1 aliphatic carbocycles. The zero-order chi connectivity index (χ0) is 19.3. The molecule has 28 heavy (non-hydrogen) atoms. The second-order valence-electron chi connectivity index (χ2n) is 6.93. The van der Waals surface area contributed by atoms with Crippen molar-refractivity contribution in [2.45, 2.75) is 46.0 Å². The monoisotopic (exact) mass is 375 g/mol. The molecule has 0 bridgehead atoms. The van der Waals surface area contributed by atoms with Gasteiger partial charge in [0.25, 0.3) is 0 Å². The van der Waals surface area contributed by atoms with Crippen molar-refractivity contribution in [1.82, 2.24) is 10.2 Å². The van der Waals surface area contributed by atoms with Crippen molar-refractivity contribution in [3.05, 3.63) is 70.9 Å². The molecule has 1 aliphatic rings. The van der Waals surface area contributed by atoms with Crippen LogP contribution in [0.4, 0.5) is 0 Å². The maximum absolute atomic E-state index is 5.58. The quantitative estimate of drug-likeness (QED) is 0.322. The van der Waals surface area contributed by atoms with Gasteiger partial charge in [-0.15, -0.1) is 10.2 Å². The lowest BCUT2D eigenvalue weighted by atomic mass is 10.00. The van der Waals surface area contributed by atoms with E-state index in [4.69, 9.17) is 9.25 Å². The summed E-state index contributed by atoms with van der Waals surface area (Å²) in [6, 6.07) is 15.1. The second-order valence-corrected chi connectivity index (χ2v) is 6.93. The summed E-state index contributed by atoms with van der Waals surface area (Å²) in [6.45, 7) is 4.54. The Morgan fingerprint density at radius 1 is 0.857 bits per heavy atom. The van der Waals surface area contributed by atoms with E-state index >= 15 is 0 Å². The fourth-order valence-electron chi connectivity index (χ4n) is 3.61. The number of unbranched alkanes of at least 4 members (excludes halogenated alkanes) is 1. The first kappa shape index (κ1) is 18.4. The lowest BCUT2D eigenvalue weighted by Crippen LogP contribution is -2.01. The molecular formula is C23H25N3O2. The molecule has 0 N–H and O–H groups in total. The maximum Gasteiger partial charge on any atom is 0.216 e. The molecule has 5 nitrogen and oxygen atoms in total. The number of benzene rings is 2. The summed E-state index contributed by atoms with van der Waals surface area (Å²) in [5.74, 6) is 1.46. The highest BCUT2D eigenvalue weighted by molar-refractivity contribution is 6.24. The van der Waals surface area contributed by atoms with E-state index in [0.717, 1.165) is 54.8 Å². The third-order valence-corrected chi connectivity index (χ3v) is 5.01. The van der Waals surface area contributed by atoms with Gasteiger partial charge in [-0.25, -0.2) is 0 Å². The fraction of sp³-hybridized carbons (Fsp3) is 0.348. The molecule has 5 heteroatoms. The van der Waals surface area contributed by atoms with Crippen LogP contribution in [0.15, 0.2) is 52.0 Å². The Balaban J connectivity index is 1.45. The Hall–Kier alpha value is -2.95. The van der Waals surface area contributed by atoms with Gasteiger partial charge in [0.15, 0.2) is 0 Å². The zero-order valence-electron chi connectivity index (χ0n) is 16.4. The molecule has 0 atom stereocenters. The standard InChI is InChI=1S/C23H25N3O2/c1-3-21-24-25-22(28-21)12-8-5-9-16-13-14-18-17-10-6-7-11-19(17)23(20(18)15-16)26-27-4-2/h6-7,10-11,13-15H,3-5,8-9,12H2,1-2H3/b26-23-. The van der Waals surface area contributed by atoms with Gasteiger partial charge in [0.05, 0.1) is 0 Å². The van der Waals surface area contributed by atoms with E-state index in [9.17, 15) is 0 Å². The predicted octanol–water partition coefficient (Wildman–Crippen LogP) is 4.97. The van der Waals surface area contributed by atoms with Crippen molar-refractivity contribution in [3.63, 3.8) is 0 Å². The van der Waals surface area contributed by atoms with Gasteiger partial charge in [0.2, 0.25) is 11.8 Å². The number of fused-ring (bicyclic) bond motifs is 3. The van der Waals surface area contributed by atoms with E-state index in [1.54, 1.807) is 0 Å². The highest BCUT2D eigenvalue weighted by atomic mass is 16.6. The van der Waals surface area contributed by atoms with Crippen molar-refractivity contribution in [2.75, 3.05) is 6.61 Å². The molecule has 0 amide bonds. The number of nitrogens with zero attached hydrogens (tertiary/aromatic N) is 3. The summed E-state index contributed by atoms with van der Waals surface area (Å²) < 4.78 is 5.58. The van der Waals surface area contributed by atoms with Crippen LogP contribution in [0, 0.1) is 0 Å². The first-order valence-corrected chi connectivity index (χ1v) is 10.0. The van der Waals surface area contributed by atoms with E-state index in [1.807, 2.05) is 13.8 Å². The topological polar surface area (TPSA) is 60.5 Å². The second kappa shape index (κ2) is 8.38. The molecule has 0 unspecified atom stereocenters. The van der Waals surface area contributed by atoms with Crippen LogP contribution in [-0.2, 0) is 24.1 Å². The SMILES string of the molecule is CCO/N=C1/c2ccccc2-c2ccc(CCCCc3nnc(CC)o3)cc21. The number of hydrogen-bond acceptors (Lipinski definition) is 5. The normalized spacial score (nSPS) is 13.6. The van der Waals surface area contributed by atoms with Crippen LogP contribution in [0.2, 0.25) is 0 Å². The van der Waals surface area contributed by atoms with Crippen molar-refractivity contribution in [3.8, 4) is 11.1 Å². The van der Waals surface area contributed by atoms with Gasteiger partial charge in [-0.2, -0.15) is 0 Å². The fourth-order valence-corrected chi connectivity index (χ4v) is 3.61. The molecule has 0 fully saturated rings. The molecule has 1 aromatic heterocycles. The molecule has 0 radical (unpaired) electrons. The summed E-state index contributed by atoms with van der Waals surface area (Å²) >= 11 is 0. The summed E-state index contributed by atoms with van der Waals surface area (Å²) in [5.41, 5.74) is 7.02. The van der Waals surface area contributed by atoms with Gasteiger partial charge < -0.3 is 9.25 Å². The van der Waals surface area contributed by atoms with Gasteiger partial charge >= 0.3 is 0 Å². The van der Waals surface area contributed by atoms with Gasteiger partial charge in [0.1, 0.15) is 12.3 Å². The van der Waals surface area contributed by atoms with E-state index in [-0.39, 0.29) is 0 Å². The first-order valence-electron chi connectivity index (χ1n) is 10.0. The highest BCUT2D eigenvalue weighted by Crippen LogP contribution is 2.37. The lowest BCUT2D eigenvalue weighted by Gasteiger charge is -2.06. The Kier molecular flexibility index (Phi) is 5.51. The predicted molar refractivity (Wildman–Crippen MR) is 109 cm³/mol. The van der Waals surface area contributed by atoms with E-state index < -0.39 is 0 Å². The van der Waals surface area contributed by atoms with Gasteiger partial charge in [-0.3, -0.25) is 0 Å². The number of oxime groups is 1. The smallest absolute Gasteiger partial charge is 0.216 e. The highest BCUT2D eigenvalue weighted by Gasteiger charge is 2.25. The first-order chi connectivity index (χ1) is 13.8. The zero-order valence-corrected chi connectivity index (χ0v) is 16.4. The molecule has 4 rings (SSSR count). The van der Waals surface area contributed by atoms with Crippen LogP contribution in [0.25, 0.3) is 11.1 Å². The molecule has 1 heterocycles. The molecular weight excluding hydrogens is 350 g/mol. The van der Waals surface area contributed by atoms with Crippen LogP contribution in [0.1, 0.15) is 55.2 Å². The average molecular weight is 375 g/mol. The summed E-state index contributed by atoms with van der Waals surface area (Å²) in [5, 5.41) is 12.5. The Labute approximate surface area is 165 Å². The van der Waals surface area contributed by atoms with Crippen molar-refractivity contribution >= 4 is 5.71 Å². The third-order valence-electron chi connectivity index (χ3n) is 5.01. The van der Waals surface area contributed by atoms with Crippen LogP contribution in [0.3, 0.4) is 0 Å². The van der Waals surface area contributed by atoms with Gasteiger partial charge in [-0.1, -0.05) is 48.5 Å². The van der Waals surface area contributed by atoms with E-state index in [2.05, 4.69) is 57.8 Å². The molecule has 0 saturated carbocycles. The van der Waals surface area contributed by atoms with Crippen LogP contribution >= 0.6 is 0 Å². The minimum Gasteiger partial charge on any atom is -0.425 e. The number of rotatable bonds is 8. The van der Waals surface area contributed by atoms with Crippen molar-refractivity contribution in [2.24, 2.45) is 5.16 Å². The molecule has 0 spiro atoms. The van der Waals surface area contributed by atoms with Gasteiger partial charge in [-0.05, 0) is 48.9 Å². The van der Waals surface area contributed by atoms with Crippen LogP contribution in [-0.4, -0.2) is 22.5 Å². The van der Waals surface area contributed by atoms with Crippen molar-refractivity contribution < 1.29 is 9.25 Å². The summed E-state index contributed by atoms with van der Waals surface area (Å²) in [4.78, 5) is 5.39. The van der Waals surface area contributed by atoms with E-state index in [0.29, 0.717) is 12.5 Å². The minimum atomic E-state index is 0.566. The van der Waals surface area contributed by atoms with Crippen molar-refractivity contribution in [1.29, 1.82) is 0 Å². The molecule has 2 aromatic carbocycles. The molecule has 0 aliphatic heterocycles. The van der Waals surface area contributed by atoms with Gasteiger partial charge in [0, 0.05) is 24.0 Å². The van der Waals surface area contributed by atoms with Crippen LogP contribution in [0.5, 0.6) is 0 Å². The Morgan fingerprint density at radius 2 is 1.61 bits per heavy atom. The minimum absolute atomic E-state index is 0.566. The molecule has 0 saturated heterocycles. The molecule has 3 aromatic rings. The number of aryl methyl sites for hydroxylation is 3. The third kappa shape index (κ3) is 3.70.